The first-order chi connectivity index (χ1) is 16.1. The summed E-state index contributed by atoms with van der Waals surface area (Å²) in [4.78, 5) is 23.4. The predicted octanol–water partition coefficient (Wildman–Crippen LogP) is 2.39. The third-order valence-corrected chi connectivity index (χ3v) is 8.38. The zero-order valence-corrected chi connectivity index (χ0v) is 19.0. The molecule has 0 atom stereocenters. The van der Waals surface area contributed by atoms with Crippen LogP contribution >= 0.6 is 0 Å². The van der Waals surface area contributed by atoms with Crippen LogP contribution in [0.1, 0.15) is 40.0 Å². The lowest BCUT2D eigenvalue weighted by atomic mass is 9.84. The van der Waals surface area contributed by atoms with Crippen LogP contribution in [0.2, 0.25) is 0 Å². The highest BCUT2D eigenvalue weighted by molar-refractivity contribution is 7.91. The van der Waals surface area contributed by atoms with Gasteiger partial charge in [0.25, 0.3) is 5.91 Å². The molecule has 182 valence electrons. The topological polar surface area (TPSA) is 92.7 Å². The van der Waals surface area contributed by atoms with E-state index in [1.165, 1.54) is 0 Å². The van der Waals surface area contributed by atoms with Gasteiger partial charge in [-0.25, -0.2) is 18.4 Å². The second-order valence-corrected chi connectivity index (χ2v) is 11.1. The van der Waals surface area contributed by atoms with Crippen LogP contribution in [0, 0.1) is 0 Å². The van der Waals surface area contributed by atoms with Gasteiger partial charge in [-0.15, -0.1) is 0 Å². The molecule has 0 radical (unpaired) electrons. The number of amides is 1. The third kappa shape index (κ3) is 4.13. The average Bonchev–Trinajstić information content (AvgIpc) is 3.16. The fraction of sp³-hybridized carbons (Fsp3) is 0.500. The van der Waals surface area contributed by atoms with E-state index in [9.17, 15) is 26.4 Å². The maximum absolute atomic E-state index is 13.9. The zero-order chi connectivity index (χ0) is 24.1. The number of hydrogen-bond acceptors (Lipinski definition) is 7. The van der Waals surface area contributed by atoms with E-state index in [-0.39, 0.29) is 30.5 Å². The number of anilines is 1. The lowest BCUT2D eigenvalue weighted by Gasteiger charge is -2.39. The molecule has 12 heteroatoms. The van der Waals surface area contributed by atoms with Crippen LogP contribution in [-0.2, 0) is 33.0 Å². The van der Waals surface area contributed by atoms with E-state index >= 15 is 0 Å². The van der Waals surface area contributed by atoms with Crippen LogP contribution < -0.4 is 4.90 Å². The summed E-state index contributed by atoms with van der Waals surface area (Å²) in [6.45, 7) is 1.01. The molecule has 0 saturated carbocycles. The van der Waals surface area contributed by atoms with Gasteiger partial charge in [-0.3, -0.25) is 4.79 Å². The smallest absolute Gasteiger partial charge is 0.365 e. The summed E-state index contributed by atoms with van der Waals surface area (Å²) in [6.07, 6.45) is -2.80. The standard InChI is InChI=1S/C22H23F3N4O4S/c23-22(24,25)18-16(19(30)28-9-11-34(31,32)12-10-28)13-26-20(27-18)29-7-5-21(6-8-29)17-4-2-1-3-15(17)14-33-21/h1-4,13H,5-12,14H2. The Balaban J connectivity index is 1.36. The average molecular weight is 497 g/mol. The van der Waals surface area contributed by atoms with Crippen LogP contribution in [0.15, 0.2) is 30.5 Å². The van der Waals surface area contributed by atoms with Crippen molar-refractivity contribution < 1.29 is 31.1 Å². The Bertz CT molecular complexity index is 1210. The van der Waals surface area contributed by atoms with Gasteiger partial charge in [0.2, 0.25) is 5.95 Å². The van der Waals surface area contributed by atoms with Gasteiger partial charge in [0, 0.05) is 32.4 Å². The zero-order valence-electron chi connectivity index (χ0n) is 18.2. The molecule has 2 fully saturated rings. The molecule has 1 amide bonds. The molecule has 1 aromatic heterocycles. The van der Waals surface area contributed by atoms with Crippen molar-refractivity contribution in [2.75, 3.05) is 42.6 Å². The van der Waals surface area contributed by atoms with Crippen LogP contribution in [0.5, 0.6) is 0 Å². The van der Waals surface area contributed by atoms with Crippen molar-refractivity contribution >= 4 is 21.7 Å². The quantitative estimate of drug-likeness (QED) is 0.631. The second kappa shape index (κ2) is 8.19. The molecule has 1 spiro atoms. The molecule has 0 unspecified atom stereocenters. The highest BCUT2D eigenvalue weighted by Gasteiger charge is 2.44. The largest absolute Gasteiger partial charge is 0.434 e. The van der Waals surface area contributed by atoms with E-state index in [0.717, 1.165) is 22.2 Å². The van der Waals surface area contributed by atoms with Crippen molar-refractivity contribution in [1.29, 1.82) is 0 Å². The summed E-state index contributed by atoms with van der Waals surface area (Å²) < 4.78 is 70.9. The molecule has 1 aromatic carbocycles. The van der Waals surface area contributed by atoms with Crippen molar-refractivity contribution in [1.82, 2.24) is 14.9 Å². The van der Waals surface area contributed by atoms with Crippen LogP contribution in [0.3, 0.4) is 0 Å². The number of carbonyl (C=O) groups excluding carboxylic acids is 1. The fourth-order valence-corrected chi connectivity index (χ4v) is 6.05. The molecule has 3 aliphatic heterocycles. The molecule has 5 rings (SSSR count). The molecule has 0 N–H and O–H groups in total. The summed E-state index contributed by atoms with van der Waals surface area (Å²) in [5.74, 6) is -1.56. The van der Waals surface area contributed by atoms with Gasteiger partial charge in [-0.05, 0) is 24.0 Å². The molecule has 8 nitrogen and oxygen atoms in total. The number of carbonyl (C=O) groups is 1. The normalized spacial score (nSPS) is 21.5. The Morgan fingerprint density at radius 1 is 1.06 bits per heavy atom. The number of nitrogens with zero attached hydrogens (tertiary/aromatic N) is 4. The summed E-state index contributed by atoms with van der Waals surface area (Å²) in [6, 6.07) is 7.95. The Hall–Kier alpha value is -2.73. The number of halogens is 3. The van der Waals surface area contributed by atoms with E-state index < -0.39 is 38.8 Å². The molecular weight excluding hydrogens is 473 g/mol. The molecule has 3 aliphatic rings. The van der Waals surface area contributed by atoms with Crippen molar-refractivity contribution in [2.24, 2.45) is 0 Å². The summed E-state index contributed by atoms with van der Waals surface area (Å²) in [5.41, 5.74) is -0.184. The Morgan fingerprint density at radius 2 is 1.74 bits per heavy atom. The maximum atomic E-state index is 13.9. The number of aromatic nitrogens is 2. The molecule has 2 aromatic rings. The lowest BCUT2D eigenvalue weighted by Crippen LogP contribution is -2.45. The second-order valence-electron chi connectivity index (χ2n) is 8.80. The van der Waals surface area contributed by atoms with Gasteiger partial charge < -0.3 is 14.5 Å². The van der Waals surface area contributed by atoms with Gasteiger partial charge in [0.15, 0.2) is 15.5 Å². The monoisotopic (exact) mass is 496 g/mol. The Morgan fingerprint density at radius 3 is 2.41 bits per heavy atom. The van der Waals surface area contributed by atoms with Crippen LogP contribution in [-0.4, -0.2) is 66.9 Å². The van der Waals surface area contributed by atoms with Crippen molar-refractivity contribution in [3.05, 3.63) is 52.8 Å². The van der Waals surface area contributed by atoms with Crippen molar-refractivity contribution in [2.45, 2.75) is 31.2 Å². The molecule has 34 heavy (non-hydrogen) atoms. The van der Waals surface area contributed by atoms with Gasteiger partial charge in [0.05, 0.1) is 29.3 Å². The van der Waals surface area contributed by atoms with Gasteiger partial charge in [0.1, 0.15) is 0 Å². The van der Waals surface area contributed by atoms with Crippen LogP contribution in [0.25, 0.3) is 0 Å². The van der Waals surface area contributed by atoms with Gasteiger partial charge in [-0.2, -0.15) is 13.2 Å². The third-order valence-electron chi connectivity index (χ3n) is 6.77. The number of rotatable bonds is 2. The number of piperidine rings is 1. The molecular formula is C22H23F3N4O4S. The molecule has 0 aliphatic carbocycles. The van der Waals surface area contributed by atoms with Crippen LogP contribution in [0.4, 0.5) is 19.1 Å². The number of sulfone groups is 1. The minimum atomic E-state index is -4.87. The maximum Gasteiger partial charge on any atom is 0.434 e. The first kappa shape index (κ1) is 23.0. The lowest BCUT2D eigenvalue weighted by molar-refractivity contribution is -0.141. The van der Waals surface area contributed by atoms with E-state index in [2.05, 4.69) is 9.97 Å². The van der Waals surface area contributed by atoms with Crippen molar-refractivity contribution in [3.63, 3.8) is 0 Å². The number of ether oxygens (including phenoxy) is 1. The highest BCUT2D eigenvalue weighted by atomic mass is 32.2. The van der Waals surface area contributed by atoms with E-state index in [0.29, 0.717) is 32.5 Å². The van der Waals surface area contributed by atoms with Gasteiger partial charge >= 0.3 is 6.18 Å². The van der Waals surface area contributed by atoms with E-state index in [1.807, 2.05) is 24.3 Å². The minimum absolute atomic E-state index is 0.0915. The fourth-order valence-electron chi connectivity index (χ4n) is 4.85. The first-order valence-electron chi connectivity index (χ1n) is 11.0. The predicted molar refractivity (Wildman–Crippen MR) is 116 cm³/mol. The first-order valence-corrected chi connectivity index (χ1v) is 12.8. The minimum Gasteiger partial charge on any atom is -0.365 e. The van der Waals surface area contributed by atoms with E-state index in [1.54, 1.807) is 4.90 Å². The summed E-state index contributed by atoms with van der Waals surface area (Å²) in [5, 5.41) is 0. The number of alkyl halides is 3. The number of benzene rings is 1. The Labute approximate surface area is 194 Å². The number of fused-ring (bicyclic) bond motifs is 2. The SMILES string of the molecule is O=C(c1cnc(N2CCC3(CC2)OCc2ccccc23)nc1C(F)(F)F)N1CCS(=O)(=O)CC1. The molecule has 0 bridgehead atoms. The molecule has 2 saturated heterocycles. The molecule has 4 heterocycles. The Kier molecular flexibility index (Phi) is 5.55. The summed E-state index contributed by atoms with van der Waals surface area (Å²) >= 11 is 0. The van der Waals surface area contributed by atoms with E-state index in [4.69, 9.17) is 4.74 Å². The number of hydrogen-bond donors (Lipinski definition) is 0. The summed E-state index contributed by atoms with van der Waals surface area (Å²) in [7, 11) is -3.28. The highest BCUT2D eigenvalue weighted by Crippen LogP contribution is 2.44. The van der Waals surface area contributed by atoms with Gasteiger partial charge in [-0.1, -0.05) is 24.3 Å². The van der Waals surface area contributed by atoms with Crippen molar-refractivity contribution in [3.8, 4) is 0 Å².